The van der Waals surface area contributed by atoms with Gasteiger partial charge in [0.15, 0.2) is 0 Å². The van der Waals surface area contributed by atoms with Crippen LogP contribution in [0.25, 0.3) is 0 Å². The zero-order valence-electron chi connectivity index (χ0n) is 22.6. The van der Waals surface area contributed by atoms with E-state index < -0.39 is 16.0 Å². The second-order valence-electron chi connectivity index (χ2n) is 10.5. The van der Waals surface area contributed by atoms with Crippen LogP contribution in [-0.4, -0.2) is 54.0 Å². The van der Waals surface area contributed by atoms with Crippen LogP contribution >= 0.6 is 0 Å². The molecule has 8 nitrogen and oxygen atoms in total. The Morgan fingerprint density at radius 3 is 2.50 bits per heavy atom. The van der Waals surface area contributed by atoms with Crippen LogP contribution < -0.4 is 0 Å². The van der Waals surface area contributed by atoms with Crippen molar-refractivity contribution in [3.63, 3.8) is 0 Å². The normalized spacial score (nSPS) is 18.5. The van der Waals surface area contributed by atoms with Gasteiger partial charge in [0, 0.05) is 30.9 Å². The SMILES string of the molecule is CCOC(=O)CCC1CCCN(S(=O)(=O)c2ccc(Cc3c4c(n(CC(=O)O)c3C)CCCC4)cc2)CC1. The Morgan fingerprint density at radius 2 is 1.79 bits per heavy atom. The van der Waals surface area contributed by atoms with Crippen LogP contribution in [0, 0.1) is 12.8 Å². The zero-order valence-corrected chi connectivity index (χ0v) is 23.4. The summed E-state index contributed by atoms with van der Waals surface area (Å²) >= 11 is 0. The fourth-order valence-corrected chi connectivity index (χ4v) is 7.53. The number of aromatic nitrogens is 1. The van der Waals surface area contributed by atoms with Gasteiger partial charge in [-0.3, -0.25) is 9.59 Å². The molecule has 1 aliphatic heterocycles. The number of carboxylic acid groups (broad SMARTS) is 1. The lowest BCUT2D eigenvalue weighted by Crippen LogP contribution is -2.32. The van der Waals surface area contributed by atoms with E-state index in [4.69, 9.17) is 4.74 Å². The van der Waals surface area contributed by atoms with E-state index in [9.17, 15) is 23.1 Å². The van der Waals surface area contributed by atoms with Crippen molar-refractivity contribution in [3.8, 4) is 0 Å². The Balaban J connectivity index is 1.44. The lowest BCUT2D eigenvalue weighted by molar-refractivity contribution is -0.143. The second kappa shape index (κ2) is 12.5. The van der Waals surface area contributed by atoms with Gasteiger partial charge in [0.1, 0.15) is 6.54 Å². The fraction of sp³-hybridized carbons (Fsp3) is 0.586. The maximum absolute atomic E-state index is 13.4. The Morgan fingerprint density at radius 1 is 1.05 bits per heavy atom. The topological polar surface area (TPSA) is 106 Å². The zero-order chi connectivity index (χ0) is 27.3. The first-order valence-electron chi connectivity index (χ1n) is 13.9. The van der Waals surface area contributed by atoms with Gasteiger partial charge in [-0.15, -0.1) is 0 Å². The van der Waals surface area contributed by atoms with E-state index in [-0.39, 0.29) is 12.5 Å². The minimum absolute atomic E-state index is 0.0230. The first-order chi connectivity index (χ1) is 18.2. The van der Waals surface area contributed by atoms with Crippen LogP contribution in [0.1, 0.15) is 79.9 Å². The summed E-state index contributed by atoms with van der Waals surface area (Å²) in [6.45, 7) is 5.10. The first kappa shape index (κ1) is 28.4. The number of fused-ring (bicyclic) bond motifs is 1. The minimum Gasteiger partial charge on any atom is -0.480 e. The Hall–Kier alpha value is -2.65. The first-order valence-corrected chi connectivity index (χ1v) is 15.3. The largest absolute Gasteiger partial charge is 0.480 e. The number of benzene rings is 1. The molecule has 1 aromatic heterocycles. The van der Waals surface area contributed by atoms with E-state index >= 15 is 0 Å². The summed E-state index contributed by atoms with van der Waals surface area (Å²) in [4.78, 5) is 23.5. The molecule has 2 aromatic rings. The smallest absolute Gasteiger partial charge is 0.323 e. The van der Waals surface area contributed by atoms with Crippen LogP contribution in [0.2, 0.25) is 0 Å². The summed E-state index contributed by atoms with van der Waals surface area (Å²) in [6.07, 6.45) is 8.26. The predicted octanol–water partition coefficient (Wildman–Crippen LogP) is 4.48. The second-order valence-corrected chi connectivity index (χ2v) is 12.5. The van der Waals surface area contributed by atoms with Crippen molar-refractivity contribution >= 4 is 22.0 Å². The number of hydrogen-bond acceptors (Lipinski definition) is 5. The highest BCUT2D eigenvalue weighted by Crippen LogP contribution is 2.32. The number of carbonyl (C=O) groups excluding carboxylic acids is 1. The summed E-state index contributed by atoms with van der Waals surface area (Å²) < 4.78 is 35.4. The number of carbonyl (C=O) groups is 2. The quantitative estimate of drug-likeness (QED) is 0.442. The average molecular weight is 545 g/mol. The van der Waals surface area contributed by atoms with Crippen LogP contribution in [0.4, 0.5) is 0 Å². The lowest BCUT2D eigenvalue weighted by Gasteiger charge is -2.20. The molecule has 1 saturated heterocycles. The van der Waals surface area contributed by atoms with E-state index in [1.54, 1.807) is 23.4 Å². The molecule has 1 aliphatic carbocycles. The van der Waals surface area contributed by atoms with Gasteiger partial charge in [0.25, 0.3) is 0 Å². The van der Waals surface area contributed by atoms with E-state index in [2.05, 4.69) is 0 Å². The Kier molecular flexibility index (Phi) is 9.31. The van der Waals surface area contributed by atoms with Gasteiger partial charge >= 0.3 is 11.9 Å². The summed E-state index contributed by atoms with van der Waals surface area (Å²) in [6, 6.07) is 7.17. The molecule has 1 N–H and O–H groups in total. The summed E-state index contributed by atoms with van der Waals surface area (Å²) in [7, 11) is -3.60. The number of hydrogen-bond donors (Lipinski definition) is 1. The molecule has 0 spiro atoms. The van der Waals surface area contributed by atoms with Gasteiger partial charge in [-0.05, 0) is 106 Å². The molecule has 2 heterocycles. The number of sulfonamides is 1. The molecule has 4 rings (SSSR count). The fourth-order valence-electron chi connectivity index (χ4n) is 6.04. The predicted molar refractivity (Wildman–Crippen MR) is 145 cm³/mol. The van der Waals surface area contributed by atoms with E-state index in [1.807, 2.05) is 23.6 Å². The van der Waals surface area contributed by atoms with Crippen LogP contribution in [-0.2, 0) is 50.2 Å². The summed E-state index contributed by atoms with van der Waals surface area (Å²) in [5, 5.41) is 9.41. The third-order valence-corrected chi connectivity index (χ3v) is 9.99. The molecule has 38 heavy (non-hydrogen) atoms. The Bertz CT molecular complexity index is 1250. The van der Waals surface area contributed by atoms with Crippen molar-refractivity contribution < 1.29 is 27.9 Å². The standard InChI is InChI=1S/C29H40N2O6S/c1-3-37-29(34)15-12-22-7-6-17-30(18-16-22)38(35,36)24-13-10-23(11-14-24)19-26-21(2)31(20-28(32)33)27-9-5-4-8-25(26)27/h10-11,13-14,22H,3-9,12,15-20H2,1-2H3,(H,32,33). The van der Waals surface area contributed by atoms with Crippen molar-refractivity contribution in [1.82, 2.24) is 8.87 Å². The molecular formula is C29H40N2O6S. The third-order valence-electron chi connectivity index (χ3n) is 8.07. The molecule has 0 bridgehead atoms. The monoisotopic (exact) mass is 544 g/mol. The maximum Gasteiger partial charge on any atom is 0.323 e. The summed E-state index contributed by atoms with van der Waals surface area (Å²) in [5.41, 5.74) is 5.61. The van der Waals surface area contributed by atoms with Crippen molar-refractivity contribution in [3.05, 3.63) is 52.3 Å². The number of rotatable bonds is 10. The van der Waals surface area contributed by atoms with E-state index in [1.165, 1.54) is 11.1 Å². The molecule has 0 amide bonds. The van der Waals surface area contributed by atoms with Crippen molar-refractivity contribution in [2.75, 3.05) is 19.7 Å². The number of nitrogens with zero attached hydrogens (tertiary/aromatic N) is 2. The van der Waals surface area contributed by atoms with Gasteiger partial charge in [-0.25, -0.2) is 8.42 Å². The molecular weight excluding hydrogens is 504 g/mol. The summed E-state index contributed by atoms with van der Waals surface area (Å²) in [5.74, 6) is -0.698. The van der Waals surface area contributed by atoms with Crippen LogP contribution in [0.15, 0.2) is 29.2 Å². The number of aliphatic carboxylic acids is 1. The molecule has 0 radical (unpaired) electrons. The van der Waals surface area contributed by atoms with Gasteiger partial charge in [-0.2, -0.15) is 4.31 Å². The van der Waals surface area contributed by atoms with Gasteiger partial charge in [-0.1, -0.05) is 12.1 Å². The van der Waals surface area contributed by atoms with Crippen LogP contribution in [0.3, 0.4) is 0 Å². The number of carboxylic acids is 1. The molecule has 1 atom stereocenters. The molecule has 1 aromatic carbocycles. The molecule has 0 saturated carbocycles. The van der Waals surface area contributed by atoms with Crippen molar-refractivity contribution in [2.45, 2.75) is 89.5 Å². The molecule has 1 unspecified atom stereocenters. The minimum atomic E-state index is -3.60. The average Bonchev–Trinajstić information content (AvgIpc) is 3.04. The molecule has 208 valence electrons. The van der Waals surface area contributed by atoms with Crippen molar-refractivity contribution in [2.24, 2.45) is 5.92 Å². The Labute approximate surface area is 226 Å². The van der Waals surface area contributed by atoms with Crippen LogP contribution in [0.5, 0.6) is 0 Å². The number of esters is 1. The number of ether oxygens (including phenoxy) is 1. The highest BCUT2D eigenvalue weighted by Gasteiger charge is 2.28. The third kappa shape index (κ3) is 6.49. The highest BCUT2D eigenvalue weighted by molar-refractivity contribution is 7.89. The lowest BCUT2D eigenvalue weighted by atomic mass is 9.92. The molecule has 2 aliphatic rings. The van der Waals surface area contributed by atoms with Gasteiger partial charge < -0.3 is 14.4 Å². The van der Waals surface area contributed by atoms with Gasteiger partial charge in [0.05, 0.1) is 11.5 Å². The highest BCUT2D eigenvalue weighted by atomic mass is 32.2. The molecule has 1 fully saturated rings. The van der Waals surface area contributed by atoms with Gasteiger partial charge in [0.2, 0.25) is 10.0 Å². The van der Waals surface area contributed by atoms with Crippen molar-refractivity contribution in [1.29, 1.82) is 0 Å². The maximum atomic E-state index is 13.4. The van der Waals surface area contributed by atoms with E-state index in [0.29, 0.717) is 43.4 Å². The van der Waals surface area contributed by atoms with E-state index in [0.717, 1.165) is 68.3 Å². The molecule has 9 heteroatoms.